The molecule has 0 spiro atoms. The van der Waals surface area contributed by atoms with Crippen LogP contribution in [0.1, 0.15) is 25.7 Å². The standard InChI is InChI=1S/C8H12.CO.2BrH.Co/c1-2-4-6-8-7-5-3-1;1-2;;;/h1-4H,5-8H2;;2*1H;/q;;;;+2/p-2/b3-1-,4-2-;;;;. The molecule has 0 saturated carbocycles. The first-order valence-corrected chi connectivity index (χ1v) is 3.52. The molecule has 4 heteroatoms. The van der Waals surface area contributed by atoms with E-state index in [0.717, 1.165) is 0 Å². The minimum Gasteiger partial charge on any atom is -1.00 e. The largest absolute Gasteiger partial charge is 2.00 e. The van der Waals surface area contributed by atoms with Gasteiger partial charge in [-0.2, -0.15) is 0 Å². The van der Waals surface area contributed by atoms with Gasteiger partial charge in [-0.05, 0) is 25.7 Å². The molecule has 0 heterocycles. The summed E-state index contributed by atoms with van der Waals surface area (Å²) in [5, 5.41) is 0. The second-order valence-electron chi connectivity index (χ2n) is 2.14. The molecule has 0 unspecified atom stereocenters. The van der Waals surface area contributed by atoms with Crippen molar-refractivity contribution in [1.29, 1.82) is 0 Å². The molecule has 0 bridgehead atoms. The van der Waals surface area contributed by atoms with Crippen LogP contribution >= 0.6 is 0 Å². The van der Waals surface area contributed by atoms with Crippen molar-refractivity contribution < 1.29 is 55.5 Å². The number of hydrogen-bond donors (Lipinski definition) is 0. The van der Waals surface area contributed by atoms with Crippen molar-refractivity contribution >= 4 is 6.79 Å². The molecule has 3 radical (unpaired) electrons. The molecule has 1 aliphatic carbocycles. The van der Waals surface area contributed by atoms with Crippen molar-refractivity contribution in [3.8, 4) is 0 Å². The minimum atomic E-state index is 0. The second-order valence-corrected chi connectivity index (χ2v) is 2.14. The van der Waals surface area contributed by atoms with Gasteiger partial charge < -0.3 is 34.0 Å². The topological polar surface area (TPSA) is 17.1 Å². The van der Waals surface area contributed by atoms with E-state index in [1.165, 1.54) is 25.7 Å². The summed E-state index contributed by atoms with van der Waals surface area (Å²) in [5.41, 5.74) is 0. The van der Waals surface area contributed by atoms with Crippen LogP contribution < -0.4 is 34.0 Å². The molecule has 0 amide bonds. The SMILES string of the molecule is C1=C\CCCC\C=C/1.[Br-].[Br-].[C]=O.[Co+2]. The first-order valence-electron chi connectivity index (χ1n) is 3.52. The van der Waals surface area contributed by atoms with Gasteiger partial charge >= 0.3 is 16.8 Å². The average molecular weight is 355 g/mol. The summed E-state index contributed by atoms with van der Waals surface area (Å²) < 4.78 is 0. The molecule has 1 aliphatic rings. The Morgan fingerprint density at radius 3 is 1.46 bits per heavy atom. The van der Waals surface area contributed by atoms with E-state index < -0.39 is 0 Å². The van der Waals surface area contributed by atoms with E-state index in [-0.39, 0.29) is 50.7 Å². The number of carbonyl (C=O) groups excluding carboxylic acids is 1. The molecule has 77 valence electrons. The van der Waals surface area contributed by atoms with Gasteiger partial charge in [-0.25, -0.2) is 0 Å². The normalized spacial score (nSPS) is 17.5. The summed E-state index contributed by atoms with van der Waals surface area (Å²) in [6.45, 7) is 4.50. The van der Waals surface area contributed by atoms with Gasteiger partial charge in [-0.1, -0.05) is 24.3 Å². The summed E-state index contributed by atoms with van der Waals surface area (Å²) in [6, 6.07) is 0. The van der Waals surface area contributed by atoms with Crippen LogP contribution in [-0.2, 0) is 21.6 Å². The van der Waals surface area contributed by atoms with Gasteiger partial charge in [0, 0.05) is 0 Å². The Morgan fingerprint density at radius 2 is 1.15 bits per heavy atom. The molecule has 1 nitrogen and oxygen atoms in total. The van der Waals surface area contributed by atoms with Gasteiger partial charge in [0.1, 0.15) is 0 Å². The molecule has 0 saturated heterocycles. The summed E-state index contributed by atoms with van der Waals surface area (Å²) in [7, 11) is 0. The van der Waals surface area contributed by atoms with E-state index in [1.807, 2.05) is 0 Å². The molecule has 0 aromatic carbocycles. The molecule has 0 fully saturated rings. The Kier molecular flexibility index (Phi) is 41.3. The van der Waals surface area contributed by atoms with Crippen molar-refractivity contribution in [2.45, 2.75) is 25.7 Å². The Balaban J connectivity index is -0.0000000761. The molecule has 0 aromatic heterocycles. The Bertz CT molecular complexity index is 113. The predicted molar refractivity (Wildman–Crippen MR) is 42.4 cm³/mol. The third kappa shape index (κ3) is 19.2. The quantitative estimate of drug-likeness (QED) is 0.437. The fourth-order valence-corrected chi connectivity index (χ4v) is 0.874. The molecule has 0 N–H and O–H groups in total. The molecule has 0 atom stereocenters. The van der Waals surface area contributed by atoms with Gasteiger partial charge in [-0.15, -0.1) is 0 Å². The maximum absolute atomic E-state index is 7.50. The Hall–Kier alpha value is 0.616. The second kappa shape index (κ2) is 22.9. The third-order valence-corrected chi connectivity index (χ3v) is 1.37. The zero-order valence-corrected chi connectivity index (χ0v) is 11.3. The van der Waals surface area contributed by atoms with Gasteiger partial charge in [0.25, 0.3) is 6.79 Å². The van der Waals surface area contributed by atoms with E-state index in [4.69, 9.17) is 4.79 Å². The van der Waals surface area contributed by atoms with Crippen molar-refractivity contribution in [3.63, 3.8) is 0 Å². The van der Waals surface area contributed by atoms with Crippen LogP contribution in [0.4, 0.5) is 0 Å². The van der Waals surface area contributed by atoms with Gasteiger partial charge in [0.15, 0.2) is 0 Å². The van der Waals surface area contributed by atoms with Crippen LogP contribution in [0.15, 0.2) is 24.3 Å². The van der Waals surface area contributed by atoms with Crippen molar-refractivity contribution in [3.05, 3.63) is 24.3 Å². The maximum Gasteiger partial charge on any atom is 2.00 e. The predicted octanol–water partition coefficient (Wildman–Crippen LogP) is -3.72. The van der Waals surface area contributed by atoms with E-state index in [1.54, 1.807) is 0 Å². The molecule has 0 aromatic rings. The summed E-state index contributed by atoms with van der Waals surface area (Å²) in [4.78, 5) is 7.50. The fourth-order valence-electron chi connectivity index (χ4n) is 0.874. The zero-order valence-electron chi connectivity index (χ0n) is 7.14. The number of hydrogen-bond acceptors (Lipinski definition) is 1. The molecule has 1 rings (SSSR count). The Morgan fingerprint density at radius 1 is 0.846 bits per heavy atom. The molecular weight excluding hydrogens is 343 g/mol. The summed E-state index contributed by atoms with van der Waals surface area (Å²) in [5.74, 6) is 0. The number of allylic oxidation sites excluding steroid dienone is 4. The van der Waals surface area contributed by atoms with E-state index >= 15 is 0 Å². The number of rotatable bonds is 0. The van der Waals surface area contributed by atoms with Crippen LogP contribution in [-0.4, -0.2) is 6.79 Å². The average Bonchev–Trinajstić information content (AvgIpc) is 1.90. The van der Waals surface area contributed by atoms with E-state index in [9.17, 15) is 0 Å². The fraction of sp³-hybridized carbons (Fsp3) is 0.444. The summed E-state index contributed by atoms with van der Waals surface area (Å²) >= 11 is 0. The van der Waals surface area contributed by atoms with Gasteiger partial charge in [0.2, 0.25) is 0 Å². The van der Waals surface area contributed by atoms with Crippen LogP contribution in [0.3, 0.4) is 0 Å². The van der Waals surface area contributed by atoms with Crippen molar-refractivity contribution in [2.24, 2.45) is 0 Å². The maximum atomic E-state index is 7.50. The van der Waals surface area contributed by atoms with E-state index in [0.29, 0.717) is 0 Å². The first kappa shape index (κ1) is 23.4. The monoisotopic (exact) mass is 353 g/mol. The molecule has 0 aliphatic heterocycles. The first-order chi connectivity index (χ1) is 5.00. The van der Waals surface area contributed by atoms with Crippen LogP contribution in [0.5, 0.6) is 0 Å². The number of halogens is 2. The molecular formula is C9H12Br2CoO. The smallest absolute Gasteiger partial charge is 1.00 e. The van der Waals surface area contributed by atoms with E-state index in [2.05, 4.69) is 31.1 Å². The van der Waals surface area contributed by atoms with Crippen molar-refractivity contribution in [1.82, 2.24) is 0 Å². The Labute approximate surface area is 112 Å². The van der Waals surface area contributed by atoms with Crippen LogP contribution in [0.2, 0.25) is 0 Å². The van der Waals surface area contributed by atoms with Crippen LogP contribution in [0.25, 0.3) is 0 Å². The van der Waals surface area contributed by atoms with Crippen LogP contribution in [0, 0.1) is 0 Å². The van der Waals surface area contributed by atoms with Gasteiger partial charge in [0.05, 0.1) is 0 Å². The summed E-state index contributed by atoms with van der Waals surface area (Å²) in [6.07, 6.45) is 14.0. The third-order valence-electron chi connectivity index (χ3n) is 1.37. The molecule has 13 heavy (non-hydrogen) atoms. The zero-order chi connectivity index (χ0) is 7.66. The minimum absolute atomic E-state index is 0. The van der Waals surface area contributed by atoms with Crippen molar-refractivity contribution in [2.75, 3.05) is 0 Å². The van der Waals surface area contributed by atoms with Gasteiger partial charge in [-0.3, -0.25) is 4.79 Å².